The van der Waals surface area contributed by atoms with Gasteiger partial charge in [0, 0.05) is 24.2 Å². The van der Waals surface area contributed by atoms with E-state index in [1.54, 1.807) is 20.3 Å². The van der Waals surface area contributed by atoms with Crippen LogP contribution in [0, 0.1) is 6.92 Å². The highest BCUT2D eigenvalue weighted by atomic mass is 16.5. The van der Waals surface area contributed by atoms with E-state index in [0.717, 1.165) is 22.6 Å². The second kappa shape index (κ2) is 6.34. The average molecular weight is 273 g/mol. The second-order valence-electron chi connectivity index (χ2n) is 4.59. The van der Waals surface area contributed by atoms with Crippen molar-refractivity contribution in [1.82, 2.24) is 9.97 Å². The maximum atomic E-state index is 6.24. The van der Waals surface area contributed by atoms with Crippen LogP contribution in [0.25, 0.3) is 0 Å². The highest BCUT2D eigenvalue weighted by molar-refractivity contribution is 5.38. The van der Waals surface area contributed by atoms with Crippen LogP contribution in [0.3, 0.4) is 0 Å². The predicted molar refractivity (Wildman–Crippen MR) is 76.9 cm³/mol. The first-order valence-corrected chi connectivity index (χ1v) is 6.39. The number of ether oxygens (including phenoxy) is 2. The van der Waals surface area contributed by atoms with Crippen molar-refractivity contribution < 1.29 is 9.47 Å². The molecule has 0 radical (unpaired) electrons. The van der Waals surface area contributed by atoms with Gasteiger partial charge in [0.25, 0.3) is 0 Å². The van der Waals surface area contributed by atoms with E-state index in [9.17, 15) is 0 Å². The van der Waals surface area contributed by atoms with Crippen molar-refractivity contribution in [2.75, 3.05) is 14.2 Å². The highest BCUT2D eigenvalue weighted by Gasteiger charge is 2.11. The van der Waals surface area contributed by atoms with E-state index in [1.807, 2.05) is 25.1 Å². The molecule has 0 aliphatic carbocycles. The van der Waals surface area contributed by atoms with E-state index in [1.165, 1.54) is 6.33 Å². The molecule has 1 atom stereocenters. The van der Waals surface area contributed by atoms with Gasteiger partial charge in [-0.3, -0.25) is 0 Å². The fourth-order valence-corrected chi connectivity index (χ4v) is 2.01. The Morgan fingerprint density at radius 3 is 2.65 bits per heavy atom. The minimum Gasteiger partial charge on any atom is -0.496 e. The van der Waals surface area contributed by atoms with Gasteiger partial charge in [0.15, 0.2) is 0 Å². The second-order valence-corrected chi connectivity index (χ2v) is 4.59. The van der Waals surface area contributed by atoms with Gasteiger partial charge in [-0.05, 0) is 24.1 Å². The molecule has 0 saturated heterocycles. The van der Waals surface area contributed by atoms with Gasteiger partial charge < -0.3 is 15.2 Å². The predicted octanol–water partition coefficient (Wildman–Crippen LogP) is 2.04. The van der Waals surface area contributed by atoms with Gasteiger partial charge in [0.05, 0.1) is 14.2 Å². The van der Waals surface area contributed by atoms with Crippen LogP contribution in [0.15, 0.2) is 30.6 Å². The number of nitrogens with zero attached hydrogens (tertiary/aromatic N) is 2. The van der Waals surface area contributed by atoms with Crippen molar-refractivity contribution in [3.05, 3.63) is 47.4 Å². The number of nitrogens with two attached hydrogens (primary N) is 1. The molecule has 5 heteroatoms. The molecule has 5 nitrogen and oxygen atoms in total. The van der Waals surface area contributed by atoms with Gasteiger partial charge in [-0.25, -0.2) is 9.97 Å². The number of hydrogen-bond donors (Lipinski definition) is 1. The summed E-state index contributed by atoms with van der Waals surface area (Å²) in [5.41, 5.74) is 9.19. The minimum atomic E-state index is -0.149. The lowest BCUT2D eigenvalue weighted by molar-refractivity contribution is 0.395. The smallest absolute Gasteiger partial charge is 0.216 e. The quantitative estimate of drug-likeness (QED) is 0.902. The average Bonchev–Trinajstić information content (AvgIpc) is 2.47. The lowest BCUT2D eigenvalue weighted by Gasteiger charge is -2.14. The zero-order valence-electron chi connectivity index (χ0n) is 12.0. The molecule has 0 spiro atoms. The van der Waals surface area contributed by atoms with Crippen molar-refractivity contribution >= 4 is 0 Å². The minimum absolute atomic E-state index is 0.149. The molecule has 0 saturated carbocycles. The van der Waals surface area contributed by atoms with Gasteiger partial charge in [-0.2, -0.15) is 0 Å². The Morgan fingerprint density at radius 1 is 1.15 bits per heavy atom. The first kappa shape index (κ1) is 14.3. The number of benzene rings is 1. The lowest BCUT2D eigenvalue weighted by Crippen LogP contribution is -2.14. The number of aryl methyl sites for hydroxylation is 1. The van der Waals surface area contributed by atoms with Crippen LogP contribution in [-0.2, 0) is 6.42 Å². The molecule has 0 fully saturated rings. The summed E-state index contributed by atoms with van der Waals surface area (Å²) in [5.74, 6) is 1.39. The molecule has 106 valence electrons. The van der Waals surface area contributed by atoms with Crippen molar-refractivity contribution in [3.63, 3.8) is 0 Å². The number of hydrogen-bond acceptors (Lipinski definition) is 5. The standard InChI is InChI=1S/C15H19N3O2/c1-10-4-5-11(6-14(10)19-2)13(16)7-12-8-15(20-3)18-9-17-12/h4-6,8-9,13H,7,16H2,1-3H3. The van der Waals surface area contributed by atoms with Crippen LogP contribution in [0.2, 0.25) is 0 Å². The zero-order valence-corrected chi connectivity index (χ0v) is 12.0. The molecule has 2 N–H and O–H groups in total. The topological polar surface area (TPSA) is 70.3 Å². The molecule has 0 aliphatic heterocycles. The molecule has 0 bridgehead atoms. The number of rotatable bonds is 5. The van der Waals surface area contributed by atoms with Gasteiger partial charge >= 0.3 is 0 Å². The number of methoxy groups -OCH3 is 2. The summed E-state index contributed by atoms with van der Waals surface area (Å²) >= 11 is 0. The fourth-order valence-electron chi connectivity index (χ4n) is 2.01. The summed E-state index contributed by atoms with van der Waals surface area (Å²) in [4.78, 5) is 8.19. The third-order valence-corrected chi connectivity index (χ3v) is 3.20. The Labute approximate surface area is 118 Å². The van der Waals surface area contributed by atoms with Crippen LogP contribution in [0.1, 0.15) is 22.9 Å². The maximum absolute atomic E-state index is 6.24. The molecule has 1 aromatic heterocycles. The van der Waals surface area contributed by atoms with Gasteiger partial charge in [-0.15, -0.1) is 0 Å². The van der Waals surface area contributed by atoms with Gasteiger partial charge in [0.2, 0.25) is 5.88 Å². The monoisotopic (exact) mass is 273 g/mol. The molecule has 2 rings (SSSR count). The van der Waals surface area contributed by atoms with Gasteiger partial charge in [0.1, 0.15) is 12.1 Å². The molecular formula is C15H19N3O2. The summed E-state index contributed by atoms with van der Waals surface area (Å²) in [7, 11) is 3.24. The Kier molecular flexibility index (Phi) is 4.53. The Balaban J connectivity index is 2.16. The Bertz CT molecular complexity index is 587. The van der Waals surface area contributed by atoms with Crippen LogP contribution < -0.4 is 15.2 Å². The van der Waals surface area contributed by atoms with Crippen molar-refractivity contribution in [2.24, 2.45) is 5.73 Å². The molecule has 0 amide bonds. The summed E-state index contributed by atoms with van der Waals surface area (Å²) in [5, 5.41) is 0. The molecule has 2 aromatic rings. The van der Waals surface area contributed by atoms with E-state index < -0.39 is 0 Å². The number of aromatic nitrogens is 2. The largest absolute Gasteiger partial charge is 0.496 e. The lowest BCUT2D eigenvalue weighted by atomic mass is 10.0. The molecule has 0 aliphatic rings. The SMILES string of the molecule is COc1cc(CC(N)c2ccc(C)c(OC)c2)ncn1. The van der Waals surface area contributed by atoms with E-state index in [2.05, 4.69) is 9.97 Å². The maximum Gasteiger partial charge on any atom is 0.216 e. The van der Waals surface area contributed by atoms with Gasteiger partial charge in [-0.1, -0.05) is 12.1 Å². The Hall–Kier alpha value is -2.14. The van der Waals surface area contributed by atoms with Crippen LogP contribution >= 0.6 is 0 Å². The van der Waals surface area contributed by atoms with Crippen LogP contribution in [0.5, 0.6) is 11.6 Å². The summed E-state index contributed by atoms with van der Waals surface area (Å²) < 4.78 is 10.4. The Morgan fingerprint density at radius 2 is 1.95 bits per heavy atom. The fraction of sp³-hybridized carbons (Fsp3) is 0.333. The third kappa shape index (κ3) is 3.24. The van der Waals surface area contributed by atoms with E-state index in [0.29, 0.717) is 12.3 Å². The zero-order chi connectivity index (χ0) is 14.5. The van der Waals surface area contributed by atoms with Crippen molar-refractivity contribution in [2.45, 2.75) is 19.4 Å². The normalized spacial score (nSPS) is 12.0. The first-order valence-electron chi connectivity index (χ1n) is 6.39. The third-order valence-electron chi connectivity index (χ3n) is 3.20. The van der Waals surface area contributed by atoms with E-state index >= 15 is 0 Å². The van der Waals surface area contributed by atoms with Crippen molar-refractivity contribution in [1.29, 1.82) is 0 Å². The van der Waals surface area contributed by atoms with E-state index in [4.69, 9.17) is 15.2 Å². The molecular weight excluding hydrogens is 254 g/mol. The van der Waals surface area contributed by atoms with Crippen molar-refractivity contribution in [3.8, 4) is 11.6 Å². The van der Waals surface area contributed by atoms with E-state index in [-0.39, 0.29) is 6.04 Å². The first-order chi connectivity index (χ1) is 9.63. The van der Waals surface area contributed by atoms with Crippen LogP contribution in [-0.4, -0.2) is 24.2 Å². The summed E-state index contributed by atoms with van der Waals surface area (Å²) in [6.45, 7) is 2.00. The molecule has 20 heavy (non-hydrogen) atoms. The van der Waals surface area contributed by atoms with Crippen LogP contribution in [0.4, 0.5) is 0 Å². The summed E-state index contributed by atoms with van der Waals surface area (Å²) in [6.07, 6.45) is 2.10. The molecule has 1 unspecified atom stereocenters. The highest BCUT2D eigenvalue weighted by Crippen LogP contribution is 2.24. The molecule has 1 heterocycles. The summed E-state index contributed by atoms with van der Waals surface area (Å²) in [6, 6.07) is 7.64. The molecule has 1 aromatic carbocycles.